The number of nitrogens with zero attached hydrogens (tertiary/aromatic N) is 3. The molecule has 1 fully saturated rings. The standard InChI is InChI=1S/C18H20N2O.C11H12N2O2.C11H16N2.C11H13NS.C10H11NO.C10H11NS.C7H5ClO.C2H4O.CH3I.CH3NO2.Al.Li.P2S5.4H/c21-18(15-8-2-1-3-9-15)19-13-16-11-6-10-14-7-4-5-12-17(14)20-16;14-13(15)8-10-6-3-5-9-4-1-2-7-11(9)12-10;12-8-10-6-3-5-9-4-1-2-7-11(9)13-10;1-13-11-8-4-6-9-5-2-3-7-10(9)12-11;2*12-10-7-3-5-8-4-1-2-6-9(8)11-10;8-7(9)6-4-2-1-3-5-6;1-2-3-1;1-2;1-2(3)4;;;3-1-2-5-7-6-4;;;;/h1-5,7-9,12,16,20H,6,10-11,13H2,(H,19,21);1-2,4,7-8,12H,3,5-6H2;1-2,4,7,10,13H,3,5-6,8,12H2;2-3,5,7H,4,6,8H2,1H3;2*1-2,4,6H,3,5,7H2,(H,11,12);1-5H;1-2H2;1H3;1H3;;;;;;;/q;;;;;;;;;;;+1;;;;;-1/b;10-8-;;;;;;;;;;;;;;;. The molecule has 8 aromatic rings. The van der Waals surface area contributed by atoms with Crippen LogP contribution in [0.3, 0.4) is 0 Å². The number of para-hydroxylation sites is 6. The molecule has 7 aliphatic heterocycles. The Kier molecular flexibility index (Phi) is 55.7. The zero-order valence-corrected chi connectivity index (χ0v) is 74.0. The summed E-state index contributed by atoms with van der Waals surface area (Å²) in [5.41, 5.74) is 22.5. The van der Waals surface area contributed by atoms with E-state index in [-0.39, 0.29) is 49.5 Å². The van der Waals surface area contributed by atoms with Gasteiger partial charge in [0.1, 0.15) is 0 Å². The van der Waals surface area contributed by atoms with Crippen molar-refractivity contribution in [1.82, 2.24) is 5.32 Å². The number of thiocarbonyl (C=S) groups is 1. The molecule has 7 aliphatic rings. The summed E-state index contributed by atoms with van der Waals surface area (Å²) in [7, 11) is 7.71. The van der Waals surface area contributed by atoms with Gasteiger partial charge in [-0.3, -0.25) is 34.6 Å². The number of halogens is 2. The number of nitro groups is 2. The molecule has 0 aliphatic carbocycles. The van der Waals surface area contributed by atoms with Crippen LogP contribution in [0.25, 0.3) is 0 Å². The van der Waals surface area contributed by atoms with E-state index in [4.69, 9.17) is 39.7 Å². The Morgan fingerprint density at radius 1 is 0.611 bits per heavy atom. The minimum atomic E-state index is -0.500. The van der Waals surface area contributed by atoms with Gasteiger partial charge in [-0.25, -0.2) is 4.99 Å². The van der Waals surface area contributed by atoms with E-state index in [9.17, 15) is 24.5 Å². The summed E-state index contributed by atoms with van der Waals surface area (Å²) in [5, 5.41) is 39.4. The van der Waals surface area contributed by atoms with E-state index in [0.717, 1.165) is 127 Å². The number of aryl methyl sites for hydroxylation is 6. The average molecular weight is 1840 g/mol. The quantitative estimate of drug-likeness (QED) is 0.00900. The zero-order chi connectivity index (χ0) is 80.1. The molecule has 8 aromatic carbocycles. The van der Waals surface area contributed by atoms with Crippen molar-refractivity contribution in [2.45, 2.75) is 128 Å². The van der Waals surface area contributed by atoms with Gasteiger partial charge < -0.3 is 43.8 Å². The number of fused-ring (bicyclic) bond motifs is 6. The summed E-state index contributed by atoms with van der Waals surface area (Å²) >= 11 is 23.5. The van der Waals surface area contributed by atoms with Crippen molar-refractivity contribution in [3.8, 4) is 0 Å². The summed E-state index contributed by atoms with van der Waals surface area (Å²) in [4.78, 5) is 59.5. The molecule has 0 bridgehead atoms. The van der Waals surface area contributed by atoms with Crippen LogP contribution in [0.15, 0.2) is 223 Å². The Morgan fingerprint density at radius 2 is 1.02 bits per heavy atom. The van der Waals surface area contributed by atoms with E-state index >= 15 is 0 Å². The number of ether oxygens (including phenoxy) is 1. The maximum atomic E-state index is 12.1. The molecule has 2 atom stereocenters. The van der Waals surface area contributed by atoms with Gasteiger partial charge in [0.2, 0.25) is 5.91 Å². The van der Waals surface area contributed by atoms with Crippen LogP contribution >= 0.6 is 72.3 Å². The first kappa shape index (κ1) is 101. The minimum Gasteiger partial charge on any atom is -1.00 e. The van der Waals surface area contributed by atoms with Gasteiger partial charge in [-0.1, -0.05) is 193 Å². The van der Waals surface area contributed by atoms with Gasteiger partial charge in [-0.15, -0.1) is 11.8 Å². The predicted octanol–water partition coefficient (Wildman–Crippen LogP) is 16.4. The van der Waals surface area contributed by atoms with E-state index < -0.39 is 15.1 Å². The van der Waals surface area contributed by atoms with E-state index in [1.807, 2.05) is 83.8 Å². The summed E-state index contributed by atoms with van der Waals surface area (Å²) in [5.74, 6) is 0.134. The molecule has 0 radical (unpaired) electrons. The van der Waals surface area contributed by atoms with E-state index in [2.05, 4.69) is 197 Å². The van der Waals surface area contributed by atoms with Gasteiger partial charge in [-0.2, -0.15) is 0 Å². The first-order valence-corrected chi connectivity index (χ1v) is 49.0. The maximum Gasteiger partial charge on any atom is 1.00 e. The molecule has 598 valence electrons. The number of carbonyl (C=O) groups excluding carboxylic acids is 3. The molecule has 8 N–H and O–H groups in total. The number of aliphatic imine (C=N–C) groups is 1. The fourth-order valence-corrected chi connectivity index (χ4v) is 22.2. The number of anilines is 5. The molecule has 2 amide bonds. The number of alkyl halides is 1. The van der Waals surface area contributed by atoms with Crippen molar-refractivity contribution in [1.29, 1.82) is 0 Å². The number of nitrogens with one attached hydrogen (secondary N) is 6. The van der Waals surface area contributed by atoms with Crippen LogP contribution < -0.4 is 56.5 Å². The molecule has 31 heteroatoms. The molecule has 18 nitrogen and oxygen atoms in total. The fourth-order valence-electron chi connectivity index (χ4n) is 11.7. The van der Waals surface area contributed by atoms with Gasteiger partial charge in [0, 0.05) is 90.2 Å². The molecule has 0 spiro atoms. The second kappa shape index (κ2) is 62.3. The Bertz CT molecular complexity index is 4380. The summed E-state index contributed by atoms with van der Waals surface area (Å²) in [6.07, 6.45) is 22.2. The number of hydrogen-bond donors (Lipinski definition) is 7. The number of epoxide rings is 1. The molecule has 7 heterocycles. The predicted molar refractivity (Wildman–Crippen MR) is 505 cm³/mol. The summed E-state index contributed by atoms with van der Waals surface area (Å²) in [6, 6.07) is 68.5. The Balaban J connectivity index is 0.000000439. The van der Waals surface area contributed by atoms with Crippen LogP contribution in [0.2, 0.25) is 0 Å². The molecule has 0 saturated carbocycles. The number of hydrogen-bond acceptors (Lipinski definition) is 17. The zero-order valence-electron chi connectivity index (χ0n) is 64.6. The van der Waals surface area contributed by atoms with Gasteiger partial charge in [0.15, 0.2) is 24.4 Å². The third-order valence-corrected chi connectivity index (χ3v) is 28.2. The molecule has 15 rings (SSSR count). The SMILES string of the molecule is C1CO1.CI.CSC1=Nc2ccccc2CCC1.C[N+](=O)[O-].NCC1CCCc2ccccc2N1.O=C(Cl)c1ccccc1.O=C(NCC1CCCc2ccccc2N1)c1ccccc1.O=C1CCCc2ccccc2N1.O=[N+]([O-])/C=C1/CCCc2ccccc2N1.S=C1CCCc2ccccc2N1.S=PP=S=S=S=S.[AlH3].[H-].[Li+]. The second-order valence-electron chi connectivity index (χ2n) is 25.0. The van der Waals surface area contributed by atoms with Gasteiger partial charge in [0.25, 0.3) is 17.3 Å². The molecule has 113 heavy (non-hydrogen) atoms. The van der Waals surface area contributed by atoms with Crippen molar-refractivity contribution >= 4 is 201 Å². The molecule has 0 aromatic heterocycles. The van der Waals surface area contributed by atoms with Crippen molar-refractivity contribution in [3.05, 3.63) is 283 Å². The molecule has 1 saturated heterocycles. The average Bonchev–Trinajstić information content (AvgIpc) is 1.69. The number of thioether (sulfide) groups is 1. The fraction of sp³-hybridized carbons (Fsp3) is 0.329. The number of amides is 2. The third kappa shape index (κ3) is 43.7. The monoisotopic (exact) mass is 1840 g/mol. The van der Waals surface area contributed by atoms with Crippen molar-refractivity contribution in [2.75, 3.05) is 71.1 Å². The maximum absolute atomic E-state index is 12.1. The topological polar surface area (TPSA) is 261 Å². The first-order valence-electron chi connectivity index (χ1n) is 36.4. The van der Waals surface area contributed by atoms with Crippen LogP contribution in [0.1, 0.15) is 133 Å². The van der Waals surface area contributed by atoms with Gasteiger partial charge in [0.05, 0.1) is 39.6 Å². The van der Waals surface area contributed by atoms with Crippen LogP contribution in [-0.2, 0) is 98.3 Å². The molecular weight excluding hydrogens is 1740 g/mol. The number of benzene rings is 8. The Hall–Kier alpha value is -6.01. The first-order chi connectivity index (χ1) is 54.0. The number of nitrogens with two attached hydrogens (primary N) is 1. The largest absolute Gasteiger partial charge is 1.00 e. The van der Waals surface area contributed by atoms with Crippen LogP contribution in [-0.4, -0.2) is 111 Å². The smallest absolute Gasteiger partial charge is 1.00 e. The van der Waals surface area contributed by atoms with Crippen molar-refractivity contribution < 1.29 is 49.3 Å². The molecular formula is C82H102AlClILiN10O8P2S7. The second-order valence-corrected chi connectivity index (χ2v) is 36.5. The van der Waals surface area contributed by atoms with Gasteiger partial charge in [-0.05, 0) is 264 Å². The summed E-state index contributed by atoms with van der Waals surface area (Å²) < 4.78 is 4.50. The van der Waals surface area contributed by atoms with Crippen LogP contribution in [0, 0.1) is 20.2 Å². The number of rotatable bonds is 7. The van der Waals surface area contributed by atoms with Crippen LogP contribution in [0.5, 0.6) is 0 Å². The van der Waals surface area contributed by atoms with E-state index in [1.165, 1.54) is 116 Å². The minimum absolute atomic E-state index is 0. The van der Waals surface area contributed by atoms with Crippen LogP contribution in [0.4, 0.5) is 34.1 Å². The van der Waals surface area contributed by atoms with E-state index in [1.54, 1.807) is 54.4 Å². The number of allylic oxidation sites excluding steroid dienone is 1. The van der Waals surface area contributed by atoms with E-state index in [0.29, 0.717) is 41.9 Å². The van der Waals surface area contributed by atoms with Crippen molar-refractivity contribution in [3.63, 3.8) is 0 Å². The normalized spacial score (nSPS) is 15.5. The summed E-state index contributed by atoms with van der Waals surface area (Å²) in [6.45, 7) is 3.39. The number of carbonyl (C=O) groups is 3. The Morgan fingerprint density at radius 3 is 1.50 bits per heavy atom. The third-order valence-electron chi connectivity index (χ3n) is 17.0. The van der Waals surface area contributed by atoms with Gasteiger partial charge >= 0.3 is 18.9 Å². The molecule has 2 unspecified atom stereocenters. The van der Waals surface area contributed by atoms with Crippen molar-refractivity contribution in [2.24, 2.45) is 10.7 Å². The Labute approximate surface area is 740 Å².